The molecule has 0 N–H and O–H groups in total. The molecule has 2 fully saturated rings. The fourth-order valence-corrected chi connectivity index (χ4v) is 6.13. The summed E-state index contributed by atoms with van der Waals surface area (Å²) in [6.07, 6.45) is 0.560. The van der Waals surface area contributed by atoms with Crippen LogP contribution in [0.25, 0.3) is 0 Å². The third-order valence-electron chi connectivity index (χ3n) is 7.82. The first-order valence-electron chi connectivity index (χ1n) is 13.4. The molecule has 2 heterocycles. The molecular weight excluding hydrogens is 460 g/mol. The minimum atomic E-state index is -0.564. The van der Waals surface area contributed by atoms with Gasteiger partial charge in [-0.3, -0.25) is 9.69 Å². The lowest BCUT2D eigenvalue weighted by atomic mass is 9.81. The Balaban J connectivity index is 1.38. The molecule has 0 radical (unpaired) electrons. The van der Waals surface area contributed by atoms with E-state index in [0.717, 1.165) is 43.9 Å². The molecule has 3 aromatic rings. The second kappa shape index (κ2) is 11.5. The van der Waals surface area contributed by atoms with Gasteiger partial charge < -0.3 is 14.4 Å². The molecule has 5 nitrogen and oxygen atoms in total. The summed E-state index contributed by atoms with van der Waals surface area (Å²) < 4.78 is 11.6. The fourth-order valence-electron chi connectivity index (χ4n) is 6.13. The third kappa shape index (κ3) is 5.73. The van der Waals surface area contributed by atoms with Gasteiger partial charge in [0.25, 0.3) is 5.91 Å². The monoisotopic (exact) mass is 498 g/mol. The maximum atomic E-state index is 13.7. The number of amides is 1. The van der Waals surface area contributed by atoms with Gasteiger partial charge in [-0.05, 0) is 49.1 Å². The summed E-state index contributed by atoms with van der Waals surface area (Å²) in [5.74, 6) is 1.69. The van der Waals surface area contributed by atoms with E-state index < -0.39 is 6.10 Å². The van der Waals surface area contributed by atoms with Crippen LogP contribution in [0.4, 0.5) is 0 Å². The lowest BCUT2D eigenvalue weighted by Crippen LogP contribution is -2.49. The van der Waals surface area contributed by atoms with Crippen molar-refractivity contribution in [3.05, 3.63) is 102 Å². The summed E-state index contributed by atoms with van der Waals surface area (Å²) in [7, 11) is 1.63. The van der Waals surface area contributed by atoms with E-state index in [0.29, 0.717) is 17.9 Å². The van der Waals surface area contributed by atoms with Crippen molar-refractivity contribution in [2.24, 2.45) is 5.92 Å². The number of methoxy groups -OCH3 is 1. The number of fused-ring (bicyclic) bond motifs is 1. The van der Waals surface area contributed by atoms with Gasteiger partial charge >= 0.3 is 0 Å². The minimum absolute atomic E-state index is 0.0630. The van der Waals surface area contributed by atoms with Crippen molar-refractivity contribution >= 4 is 5.91 Å². The fraction of sp³-hybridized carbons (Fsp3) is 0.406. The number of benzene rings is 3. The normalized spacial score (nSPS) is 22.6. The zero-order valence-electron chi connectivity index (χ0n) is 22.1. The molecule has 3 aromatic carbocycles. The highest BCUT2D eigenvalue weighted by Crippen LogP contribution is 2.43. The van der Waals surface area contributed by atoms with E-state index in [4.69, 9.17) is 9.47 Å². The molecule has 2 aliphatic heterocycles. The summed E-state index contributed by atoms with van der Waals surface area (Å²) in [6.45, 7) is 7.53. The SMILES string of the molecule is COC(C(=O)N1CC[C@@H]2[C@H](C1)[C@@H](c1ccc(OC(C)C)cc1)CN2Cc1ccccc1)c1ccccc1. The van der Waals surface area contributed by atoms with Crippen LogP contribution in [-0.4, -0.2) is 54.6 Å². The molecule has 5 rings (SSSR count). The molecule has 1 unspecified atom stereocenters. The lowest BCUT2D eigenvalue weighted by molar-refractivity contribution is -0.144. The molecule has 0 spiro atoms. The van der Waals surface area contributed by atoms with Crippen LogP contribution in [-0.2, 0) is 16.1 Å². The van der Waals surface area contributed by atoms with Crippen molar-refractivity contribution in [3.63, 3.8) is 0 Å². The number of hydrogen-bond donors (Lipinski definition) is 0. The first-order valence-corrected chi connectivity index (χ1v) is 13.4. The van der Waals surface area contributed by atoms with Crippen LogP contribution in [0.2, 0.25) is 0 Å². The molecular formula is C32H38N2O3. The number of hydrogen-bond acceptors (Lipinski definition) is 4. The van der Waals surface area contributed by atoms with E-state index in [1.807, 2.05) is 49.1 Å². The topological polar surface area (TPSA) is 42.0 Å². The number of likely N-dealkylation sites (tertiary alicyclic amines) is 2. The molecule has 37 heavy (non-hydrogen) atoms. The first-order chi connectivity index (χ1) is 18.0. The van der Waals surface area contributed by atoms with Crippen molar-refractivity contribution in [1.82, 2.24) is 9.80 Å². The van der Waals surface area contributed by atoms with Crippen molar-refractivity contribution in [2.45, 2.75) is 51.0 Å². The maximum Gasteiger partial charge on any atom is 0.256 e. The van der Waals surface area contributed by atoms with E-state index in [2.05, 4.69) is 59.5 Å². The highest BCUT2D eigenvalue weighted by molar-refractivity contribution is 5.82. The van der Waals surface area contributed by atoms with Crippen molar-refractivity contribution < 1.29 is 14.3 Å². The molecule has 2 saturated heterocycles. The average molecular weight is 499 g/mol. The van der Waals surface area contributed by atoms with Gasteiger partial charge in [0.15, 0.2) is 6.10 Å². The van der Waals surface area contributed by atoms with Crippen LogP contribution >= 0.6 is 0 Å². The summed E-state index contributed by atoms with van der Waals surface area (Å²) in [5.41, 5.74) is 3.57. The Morgan fingerprint density at radius 2 is 1.59 bits per heavy atom. The van der Waals surface area contributed by atoms with Crippen molar-refractivity contribution in [3.8, 4) is 5.75 Å². The van der Waals surface area contributed by atoms with Gasteiger partial charge in [0.2, 0.25) is 0 Å². The van der Waals surface area contributed by atoms with E-state index in [-0.39, 0.29) is 12.0 Å². The van der Waals surface area contributed by atoms with Crippen LogP contribution in [0, 0.1) is 5.92 Å². The molecule has 0 aliphatic carbocycles. The van der Waals surface area contributed by atoms with Crippen LogP contribution < -0.4 is 4.74 Å². The Kier molecular flexibility index (Phi) is 7.92. The van der Waals surface area contributed by atoms with Gasteiger partial charge in [-0.15, -0.1) is 0 Å². The molecule has 5 heteroatoms. The largest absolute Gasteiger partial charge is 0.491 e. The summed E-state index contributed by atoms with van der Waals surface area (Å²) in [4.78, 5) is 18.3. The molecule has 0 bridgehead atoms. The predicted molar refractivity (Wildman–Crippen MR) is 146 cm³/mol. The highest BCUT2D eigenvalue weighted by Gasteiger charge is 2.46. The Morgan fingerprint density at radius 3 is 2.24 bits per heavy atom. The Hall–Kier alpha value is -3.15. The van der Waals surface area contributed by atoms with Crippen LogP contribution in [0.5, 0.6) is 5.75 Å². The van der Waals surface area contributed by atoms with E-state index in [1.54, 1.807) is 7.11 Å². The Labute approximate surface area is 221 Å². The van der Waals surface area contributed by atoms with Gasteiger partial charge in [0.05, 0.1) is 6.10 Å². The van der Waals surface area contributed by atoms with Gasteiger partial charge in [0.1, 0.15) is 5.75 Å². The molecule has 0 saturated carbocycles. The smallest absolute Gasteiger partial charge is 0.256 e. The minimum Gasteiger partial charge on any atom is -0.491 e. The third-order valence-corrected chi connectivity index (χ3v) is 7.82. The molecule has 194 valence electrons. The maximum absolute atomic E-state index is 13.7. The Bertz CT molecular complexity index is 1150. The molecule has 2 aliphatic rings. The lowest BCUT2D eigenvalue weighted by Gasteiger charge is -2.40. The van der Waals surface area contributed by atoms with Crippen LogP contribution in [0.3, 0.4) is 0 Å². The van der Waals surface area contributed by atoms with E-state index in [1.165, 1.54) is 11.1 Å². The van der Waals surface area contributed by atoms with Gasteiger partial charge in [-0.25, -0.2) is 0 Å². The second-order valence-electron chi connectivity index (χ2n) is 10.6. The summed E-state index contributed by atoms with van der Waals surface area (Å²) >= 11 is 0. The predicted octanol–water partition coefficient (Wildman–Crippen LogP) is 5.68. The average Bonchev–Trinajstić information content (AvgIpc) is 3.28. The number of ether oxygens (including phenoxy) is 2. The molecule has 1 amide bonds. The number of carbonyl (C=O) groups excluding carboxylic acids is 1. The zero-order valence-corrected chi connectivity index (χ0v) is 22.1. The second-order valence-corrected chi connectivity index (χ2v) is 10.6. The van der Waals surface area contributed by atoms with Crippen LogP contribution in [0.1, 0.15) is 49.0 Å². The molecule has 4 atom stereocenters. The number of rotatable bonds is 8. The van der Waals surface area contributed by atoms with Crippen molar-refractivity contribution in [1.29, 1.82) is 0 Å². The van der Waals surface area contributed by atoms with Crippen molar-refractivity contribution in [2.75, 3.05) is 26.7 Å². The number of carbonyl (C=O) groups is 1. The quantitative estimate of drug-likeness (QED) is 0.401. The zero-order chi connectivity index (χ0) is 25.8. The first kappa shape index (κ1) is 25.5. The van der Waals surface area contributed by atoms with Gasteiger partial charge in [-0.1, -0.05) is 72.8 Å². The number of piperidine rings is 1. The number of nitrogens with zero attached hydrogens (tertiary/aromatic N) is 2. The molecule has 0 aromatic heterocycles. The van der Waals surface area contributed by atoms with E-state index >= 15 is 0 Å². The van der Waals surface area contributed by atoms with Gasteiger partial charge in [0, 0.05) is 51.2 Å². The standard InChI is InChI=1S/C32H38N2O3/c1-23(2)37-27-16-14-25(15-17-27)28-21-34(20-24-10-6-4-7-11-24)30-18-19-33(22-29(28)30)32(35)31(36-3)26-12-8-5-9-13-26/h4-17,23,28-31H,18-22H2,1-3H3/t28-,29-,30-,31?/m1/s1. The Morgan fingerprint density at radius 1 is 0.919 bits per heavy atom. The summed E-state index contributed by atoms with van der Waals surface area (Å²) in [6, 6.07) is 29.6. The van der Waals surface area contributed by atoms with E-state index in [9.17, 15) is 4.79 Å². The highest BCUT2D eigenvalue weighted by atomic mass is 16.5. The summed E-state index contributed by atoms with van der Waals surface area (Å²) in [5, 5.41) is 0. The van der Waals surface area contributed by atoms with Gasteiger partial charge in [-0.2, -0.15) is 0 Å². The van der Waals surface area contributed by atoms with Crippen LogP contribution in [0.15, 0.2) is 84.9 Å².